The summed E-state index contributed by atoms with van der Waals surface area (Å²) >= 11 is 0. The molecular formula is C24H26F3N5O4. The molecule has 0 bridgehead atoms. The largest absolute Gasteiger partial charge is 0.444 e. The first-order chi connectivity index (χ1) is 16.8. The number of rotatable bonds is 7. The van der Waals surface area contributed by atoms with E-state index in [0.29, 0.717) is 11.3 Å². The topological polar surface area (TPSA) is 107 Å². The summed E-state index contributed by atoms with van der Waals surface area (Å²) < 4.78 is 50.9. The van der Waals surface area contributed by atoms with Crippen molar-refractivity contribution in [2.75, 3.05) is 13.1 Å². The third kappa shape index (κ3) is 7.45. The lowest BCUT2D eigenvalue weighted by atomic mass is 10.1. The number of alkyl carbamates (subject to hydrolysis) is 1. The number of carbonyl (C=O) groups excluding carboxylic acids is 2. The molecule has 3 aromatic rings. The highest BCUT2D eigenvalue weighted by atomic mass is 19.4. The number of aromatic nitrogens is 3. The molecule has 0 spiro atoms. The number of hydrogen-bond donors (Lipinski definition) is 2. The zero-order valence-electron chi connectivity index (χ0n) is 20.1. The molecule has 2 N–H and O–H groups in total. The first kappa shape index (κ1) is 26.5. The average molecular weight is 505 g/mol. The van der Waals surface area contributed by atoms with Gasteiger partial charge in [0.05, 0.1) is 22.4 Å². The molecule has 0 atom stereocenters. The normalized spacial score (nSPS) is 11.6. The van der Waals surface area contributed by atoms with Crippen LogP contribution in [-0.4, -0.2) is 45.5 Å². The molecule has 0 unspecified atom stereocenters. The maximum Gasteiger partial charge on any atom is 0.416 e. The number of nitrogens with one attached hydrogen (secondary N) is 2. The van der Waals surface area contributed by atoms with Crippen molar-refractivity contribution in [1.29, 1.82) is 0 Å². The van der Waals surface area contributed by atoms with E-state index in [4.69, 9.17) is 9.47 Å². The van der Waals surface area contributed by atoms with Crippen LogP contribution >= 0.6 is 0 Å². The van der Waals surface area contributed by atoms with E-state index in [2.05, 4.69) is 20.7 Å². The van der Waals surface area contributed by atoms with Gasteiger partial charge in [-0.25, -0.2) is 9.78 Å². The Kier molecular flexibility index (Phi) is 7.86. The molecule has 0 aliphatic rings. The second-order valence-corrected chi connectivity index (χ2v) is 8.76. The van der Waals surface area contributed by atoms with Gasteiger partial charge < -0.3 is 20.1 Å². The van der Waals surface area contributed by atoms with Crippen LogP contribution in [-0.2, 0) is 18.0 Å². The zero-order valence-corrected chi connectivity index (χ0v) is 20.1. The van der Waals surface area contributed by atoms with E-state index >= 15 is 0 Å². The fourth-order valence-corrected chi connectivity index (χ4v) is 2.98. The summed E-state index contributed by atoms with van der Waals surface area (Å²) in [5.74, 6) is -0.249. The van der Waals surface area contributed by atoms with E-state index in [1.807, 2.05) is 0 Å². The van der Waals surface area contributed by atoms with Crippen molar-refractivity contribution >= 4 is 12.0 Å². The molecule has 3 rings (SSSR count). The summed E-state index contributed by atoms with van der Waals surface area (Å²) in [6, 6.07) is 7.39. The summed E-state index contributed by atoms with van der Waals surface area (Å²) in [6.45, 7) is 5.51. The number of aryl methyl sites for hydroxylation is 1. The summed E-state index contributed by atoms with van der Waals surface area (Å²) in [5, 5.41) is 9.52. The molecule has 0 aliphatic carbocycles. The number of alkyl halides is 3. The second kappa shape index (κ2) is 10.7. The highest BCUT2D eigenvalue weighted by Crippen LogP contribution is 2.34. The highest BCUT2D eigenvalue weighted by Gasteiger charge is 2.30. The number of carbonyl (C=O) groups is 2. The Morgan fingerprint density at radius 1 is 1.03 bits per heavy atom. The van der Waals surface area contributed by atoms with Crippen LogP contribution < -0.4 is 15.4 Å². The minimum atomic E-state index is -4.46. The van der Waals surface area contributed by atoms with Gasteiger partial charge in [-0.1, -0.05) is 0 Å². The maximum atomic E-state index is 12.8. The number of hydrogen-bond acceptors (Lipinski definition) is 6. The lowest BCUT2D eigenvalue weighted by Gasteiger charge is -2.19. The summed E-state index contributed by atoms with van der Waals surface area (Å²) in [5.41, 5.74) is -0.415. The van der Waals surface area contributed by atoms with Gasteiger partial charge in [-0.15, -0.1) is 0 Å². The van der Waals surface area contributed by atoms with Crippen LogP contribution in [0.2, 0.25) is 0 Å². The maximum absolute atomic E-state index is 12.8. The molecule has 2 amide bonds. The Hall–Kier alpha value is -4.09. The van der Waals surface area contributed by atoms with Gasteiger partial charge in [0.2, 0.25) is 5.88 Å². The fourth-order valence-electron chi connectivity index (χ4n) is 2.98. The highest BCUT2D eigenvalue weighted by molar-refractivity contribution is 5.95. The van der Waals surface area contributed by atoms with Crippen LogP contribution in [0.25, 0.3) is 11.3 Å². The Balaban J connectivity index is 1.73. The first-order valence-corrected chi connectivity index (χ1v) is 10.9. The van der Waals surface area contributed by atoms with E-state index in [9.17, 15) is 22.8 Å². The Morgan fingerprint density at radius 2 is 1.69 bits per heavy atom. The SMILES string of the molecule is Cn1ccc(-c2cc(C(=O)NCCNC(=O)OC(C)(C)C)cnc2Oc2ccc(C(F)(F)F)cc2)n1. The van der Waals surface area contributed by atoms with Gasteiger partial charge in [0.15, 0.2) is 0 Å². The molecule has 2 heterocycles. The van der Waals surface area contributed by atoms with Crippen molar-refractivity contribution in [3.63, 3.8) is 0 Å². The molecular weight excluding hydrogens is 479 g/mol. The number of pyridine rings is 1. The quantitative estimate of drug-likeness (QED) is 0.457. The lowest BCUT2D eigenvalue weighted by Crippen LogP contribution is -2.37. The van der Waals surface area contributed by atoms with Crippen LogP contribution in [0.3, 0.4) is 0 Å². The standard InChI is InChI=1S/C24H26F3N5O4/c1-23(2,3)36-22(34)29-11-10-28-20(33)15-13-18(19-9-12-32(4)31-19)21(30-14-15)35-17-7-5-16(6-8-17)24(25,26)27/h5-9,12-14H,10-11H2,1-4H3,(H,28,33)(H,29,34). The van der Waals surface area contributed by atoms with Crippen LogP contribution in [0.15, 0.2) is 48.8 Å². The average Bonchev–Trinajstić information content (AvgIpc) is 3.21. The second-order valence-electron chi connectivity index (χ2n) is 8.76. The van der Waals surface area contributed by atoms with Crippen molar-refractivity contribution in [2.45, 2.75) is 32.5 Å². The van der Waals surface area contributed by atoms with E-state index in [1.165, 1.54) is 24.4 Å². The van der Waals surface area contributed by atoms with Crippen LogP contribution in [0, 0.1) is 0 Å². The summed E-state index contributed by atoms with van der Waals surface area (Å²) in [4.78, 5) is 28.5. The third-order valence-corrected chi connectivity index (χ3v) is 4.58. The molecule has 0 aliphatic heterocycles. The molecule has 0 saturated heterocycles. The molecule has 36 heavy (non-hydrogen) atoms. The molecule has 2 aromatic heterocycles. The zero-order chi connectivity index (χ0) is 26.5. The van der Waals surface area contributed by atoms with Crippen LogP contribution in [0.4, 0.5) is 18.0 Å². The minimum Gasteiger partial charge on any atom is -0.444 e. The van der Waals surface area contributed by atoms with Crippen molar-refractivity contribution in [2.24, 2.45) is 7.05 Å². The molecule has 192 valence electrons. The number of halogens is 3. The number of ether oxygens (including phenoxy) is 2. The van der Waals surface area contributed by atoms with Gasteiger partial charge in [-0.3, -0.25) is 9.48 Å². The molecule has 1 aromatic carbocycles. The molecule has 9 nitrogen and oxygen atoms in total. The summed E-state index contributed by atoms with van der Waals surface area (Å²) in [6.07, 6.45) is -2.09. The molecule has 0 fully saturated rings. The Morgan fingerprint density at radius 3 is 2.28 bits per heavy atom. The lowest BCUT2D eigenvalue weighted by molar-refractivity contribution is -0.137. The van der Waals surface area contributed by atoms with Gasteiger partial charge in [-0.2, -0.15) is 18.3 Å². The van der Waals surface area contributed by atoms with E-state index in [-0.39, 0.29) is 30.3 Å². The fraction of sp³-hybridized carbons (Fsp3) is 0.333. The number of amides is 2. The third-order valence-electron chi connectivity index (χ3n) is 4.58. The summed E-state index contributed by atoms with van der Waals surface area (Å²) in [7, 11) is 1.71. The van der Waals surface area contributed by atoms with Crippen molar-refractivity contribution < 1.29 is 32.2 Å². The van der Waals surface area contributed by atoms with Crippen LogP contribution in [0.5, 0.6) is 11.6 Å². The van der Waals surface area contributed by atoms with E-state index in [0.717, 1.165) is 12.1 Å². The smallest absolute Gasteiger partial charge is 0.416 e. The first-order valence-electron chi connectivity index (χ1n) is 10.9. The number of benzene rings is 1. The predicted octanol–water partition coefficient (Wildman–Crippen LogP) is 4.55. The van der Waals surface area contributed by atoms with Crippen molar-refractivity contribution in [1.82, 2.24) is 25.4 Å². The van der Waals surface area contributed by atoms with E-state index in [1.54, 1.807) is 44.8 Å². The molecule has 12 heteroatoms. The number of nitrogens with zero attached hydrogens (tertiary/aromatic N) is 3. The predicted molar refractivity (Wildman–Crippen MR) is 125 cm³/mol. The monoisotopic (exact) mass is 505 g/mol. The van der Waals surface area contributed by atoms with Gasteiger partial charge >= 0.3 is 12.3 Å². The van der Waals surface area contributed by atoms with Gasteiger partial charge in [0, 0.05) is 32.5 Å². The van der Waals surface area contributed by atoms with Gasteiger partial charge in [-0.05, 0) is 57.2 Å². The van der Waals surface area contributed by atoms with Gasteiger partial charge in [0.1, 0.15) is 11.4 Å². The molecule has 0 saturated carbocycles. The Bertz CT molecular complexity index is 1220. The van der Waals surface area contributed by atoms with Gasteiger partial charge in [0.25, 0.3) is 5.91 Å². The molecule has 0 radical (unpaired) electrons. The minimum absolute atomic E-state index is 0.0663. The van der Waals surface area contributed by atoms with E-state index < -0.39 is 29.3 Å². The van der Waals surface area contributed by atoms with Crippen molar-refractivity contribution in [3.05, 3.63) is 59.9 Å². The van der Waals surface area contributed by atoms with Crippen molar-refractivity contribution in [3.8, 4) is 22.9 Å². The van der Waals surface area contributed by atoms with Crippen LogP contribution in [0.1, 0.15) is 36.7 Å². The Labute approximate surface area is 205 Å².